The molecule has 4 heterocycles. The molecule has 3 aromatic heterocycles. The summed E-state index contributed by atoms with van der Waals surface area (Å²) in [4.78, 5) is 50.2. The molecule has 1 aliphatic heterocycles. The van der Waals surface area contributed by atoms with Crippen LogP contribution in [-0.2, 0) is 18.3 Å². The molecule has 1 aliphatic rings. The number of amides is 1. The Bertz CT molecular complexity index is 1310. The van der Waals surface area contributed by atoms with Crippen molar-refractivity contribution in [2.24, 2.45) is 7.05 Å². The quantitative estimate of drug-likeness (QED) is 0.587. The zero-order valence-electron chi connectivity index (χ0n) is 19.6. The van der Waals surface area contributed by atoms with Crippen molar-refractivity contribution in [3.05, 3.63) is 45.5 Å². The number of nitrogens with zero attached hydrogens (tertiary/aromatic N) is 7. The number of fused-ring (bicyclic) bond motifs is 1. The number of carbonyl (C=O) groups excluding carboxylic acids is 1. The largest absolute Gasteiger partial charge is 0.444 e. The molecule has 1 saturated heterocycles. The van der Waals surface area contributed by atoms with Crippen LogP contribution in [0.15, 0.2) is 34.2 Å². The summed E-state index contributed by atoms with van der Waals surface area (Å²) in [5, 5.41) is 0. The lowest BCUT2D eigenvalue weighted by Crippen LogP contribution is -2.50. The number of carbonyl (C=O) groups is 1. The van der Waals surface area contributed by atoms with Gasteiger partial charge in [-0.05, 0) is 33.8 Å². The van der Waals surface area contributed by atoms with Crippen LogP contribution in [0, 0.1) is 0 Å². The number of aryl methyl sites for hydroxylation is 2. The monoisotopic (exact) mass is 455 g/mol. The molecule has 0 aromatic carbocycles. The van der Waals surface area contributed by atoms with Gasteiger partial charge in [0.15, 0.2) is 11.5 Å². The minimum Gasteiger partial charge on any atom is -0.444 e. The molecule has 0 bridgehead atoms. The van der Waals surface area contributed by atoms with E-state index in [9.17, 15) is 14.4 Å². The first-order valence-electron chi connectivity index (χ1n) is 11.0. The Balaban J connectivity index is 1.71. The lowest BCUT2D eigenvalue weighted by atomic mass is 10.2. The Morgan fingerprint density at radius 3 is 2.39 bits per heavy atom. The van der Waals surface area contributed by atoms with Gasteiger partial charge in [0.25, 0.3) is 0 Å². The van der Waals surface area contributed by atoms with E-state index in [2.05, 4.69) is 14.9 Å². The van der Waals surface area contributed by atoms with Crippen LogP contribution in [-0.4, -0.2) is 66.4 Å². The highest BCUT2D eigenvalue weighted by molar-refractivity contribution is 5.85. The summed E-state index contributed by atoms with van der Waals surface area (Å²) >= 11 is 0. The van der Waals surface area contributed by atoms with E-state index in [-0.39, 0.29) is 17.3 Å². The lowest BCUT2D eigenvalue weighted by Gasteiger charge is -2.36. The van der Waals surface area contributed by atoms with E-state index in [4.69, 9.17) is 4.74 Å². The molecule has 0 unspecified atom stereocenters. The minimum absolute atomic E-state index is 0.163. The van der Waals surface area contributed by atoms with E-state index < -0.39 is 5.60 Å². The van der Waals surface area contributed by atoms with E-state index in [0.29, 0.717) is 55.4 Å². The number of aromatic nitrogens is 5. The normalized spacial score (nSPS) is 14.7. The molecule has 4 rings (SSSR count). The Kier molecular flexibility index (Phi) is 5.73. The number of ether oxygens (including phenoxy) is 1. The SMILES string of the molecule is CCn1c(=O)n(-c2ccc(=O)n(C)c2)c2ncnc(N3CCN(C(=O)OC(C)(C)C)CC3)c21. The Labute approximate surface area is 190 Å². The molecule has 11 heteroatoms. The van der Waals surface area contributed by atoms with Crippen LogP contribution in [0.3, 0.4) is 0 Å². The van der Waals surface area contributed by atoms with Crippen molar-refractivity contribution in [3.8, 4) is 5.69 Å². The third-order valence-electron chi connectivity index (χ3n) is 5.56. The lowest BCUT2D eigenvalue weighted by molar-refractivity contribution is 0.0240. The third kappa shape index (κ3) is 4.22. The average Bonchev–Trinajstić information content (AvgIpc) is 3.05. The van der Waals surface area contributed by atoms with Crippen LogP contribution in [0.4, 0.5) is 10.6 Å². The average molecular weight is 456 g/mol. The number of hydrogen-bond acceptors (Lipinski definition) is 7. The van der Waals surface area contributed by atoms with Crippen molar-refractivity contribution in [1.82, 2.24) is 28.6 Å². The fourth-order valence-electron chi connectivity index (χ4n) is 3.97. The zero-order chi connectivity index (χ0) is 23.9. The second kappa shape index (κ2) is 8.38. The molecular weight excluding hydrogens is 426 g/mol. The van der Waals surface area contributed by atoms with E-state index >= 15 is 0 Å². The first-order valence-corrected chi connectivity index (χ1v) is 11.0. The number of pyridine rings is 1. The molecule has 33 heavy (non-hydrogen) atoms. The Morgan fingerprint density at radius 1 is 1.09 bits per heavy atom. The van der Waals surface area contributed by atoms with Gasteiger partial charge in [-0.25, -0.2) is 24.1 Å². The van der Waals surface area contributed by atoms with E-state index in [1.54, 1.807) is 28.8 Å². The van der Waals surface area contributed by atoms with Gasteiger partial charge in [0, 0.05) is 52.0 Å². The maximum atomic E-state index is 13.3. The molecule has 0 spiro atoms. The third-order valence-corrected chi connectivity index (χ3v) is 5.56. The van der Waals surface area contributed by atoms with Crippen LogP contribution in [0.5, 0.6) is 0 Å². The summed E-state index contributed by atoms with van der Waals surface area (Å²) in [6, 6.07) is 3.04. The van der Waals surface area contributed by atoms with Gasteiger partial charge in [-0.1, -0.05) is 0 Å². The Morgan fingerprint density at radius 2 is 1.79 bits per heavy atom. The summed E-state index contributed by atoms with van der Waals surface area (Å²) in [6.45, 7) is 9.93. The molecule has 1 fully saturated rings. The maximum Gasteiger partial charge on any atom is 0.410 e. The van der Waals surface area contributed by atoms with Gasteiger partial charge in [0.1, 0.15) is 17.4 Å². The fourth-order valence-corrected chi connectivity index (χ4v) is 3.97. The van der Waals surface area contributed by atoms with Gasteiger partial charge in [-0.2, -0.15) is 0 Å². The molecule has 11 nitrogen and oxygen atoms in total. The first-order chi connectivity index (χ1) is 15.6. The minimum atomic E-state index is -0.548. The van der Waals surface area contributed by atoms with Crippen LogP contribution < -0.4 is 16.1 Å². The van der Waals surface area contributed by atoms with Gasteiger partial charge in [-0.3, -0.25) is 9.36 Å². The number of hydrogen-bond donors (Lipinski definition) is 0. The highest BCUT2D eigenvalue weighted by atomic mass is 16.6. The van der Waals surface area contributed by atoms with Crippen molar-refractivity contribution in [2.45, 2.75) is 39.8 Å². The van der Waals surface area contributed by atoms with Crippen LogP contribution in [0.1, 0.15) is 27.7 Å². The number of rotatable bonds is 3. The highest BCUT2D eigenvalue weighted by Crippen LogP contribution is 2.25. The van der Waals surface area contributed by atoms with E-state index in [1.807, 2.05) is 27.7 Å². The van der Waals surface area contributed by atoms with Crippen molar-refractivity contribution in [3.63, 3.8) is 0 Å². The van der Waals surface area contributed by atoms with Crippen molar-refractivity contribution >= 4 is 23.1 Å². The van der Waals surface area contributed by atoms with E-state index in [1.165, 1.54) is 21.5 Å². The molecule has 0 atom stereocenters. The van der Waals surface area contributed by atoms with Gasteiger partial charge in [-0.15, -0.1) is 0 Å². The first kappa shape index (κ1) is 22.6. The molecule has 3 aromatic rings. The second-order valence-corrected chi connectivity index (χ2v) is 9.02. The summed E-state index contributed by atoms with van der Waals surface area (Å²) in [5.41, 5.74) is 0.696. The van der Waals surface area contributed by atoms with Gasteiger partial charge in [0.2, 0.25) is 5.56 Å². The predicted molar refractivity (Wildman–Crippen MR) is 124 cm³/mol. The molecule has 0 saturated carbocycles. The van der Waals surface area contributed by atoms with Gasteiger partial charge < -0.3 is 19.1 Å². The smallest absolute Gasteiger partial charge is 0.410 e. The standard InChI is InChI=1S/C22H29N7O4/c1-6-28-17-18(26-9-11-27(12-10-26)21(32)33-22(2,3)4)23-14-24-19(17)29(20(28)31)15-7-8-16(30)25(5)13-15/h7-8,13-14H,6,9-12H2,1-5H3. The van der Waals surface area contributed by atoms with Crippen molar-refractivity contribution in [2.75, 3.05) is 31.1 Å². The van der Waals surface area contributed by atoms with Gasteiger partial charge in [0.05, 0.1) is 5.69 Å². The molecule has 0 radical (unpaired) electrons. The second-order valence-electron chi connectivity index (χ2n) is 9.02. The van der Waals surface area contributed by atoms with Crippen molar-refractivity contribution in [1.29, 1.82) is 0 Å². The summed E-state index contributed by atoms with van der Waals surface area (Å²) < 4.78 is 10.0. The molecule has 0 N–H and O–H groups in total. The molecule has 1 amide bonds. The Hall–Kier alpha value is -3.63. The van der Waals surface area contributed by atoms with Crippen LogP contribution in [0.25, 0.3) is 16.9 Å². The molecular formula is C22H29N7O4. The summed E-state index contributed by atoms with van der Waals surface area (Å²) in [5.74, 6) is 0.645. The fraction of sp³-hybridized carbons (Fsp3) is 0.500. The molecule has 176 valence electrons. The highest BCUT2D eigenvalue weighted by Gasteiger charge is 2.29. The summed E-state index contributed by atoms with van der Waals surface area (Å²) in [6.07, 6.45) is 2.72. The van der Waals surface area contributed by atoms with Crippen LogP contribution >= 0.6 is 0 Å². The topological polar surface area (TPSA) is 107 Å². The molecule has 0 aliphatic carbocycles. The number of anilines is 1. The van der Waals surface area contributed by atoms with Crippen LogP contribution in [0.2, 0.25) is 0 Å². The predicted octanol–water partition coefficient (Wildman–Crippen LogP) is 1.36. The summed E-state index contributed by atoms with van der Waals surface area (Å²) in [7, 11) is 1.64. The van der Waals surface area contributed by atoms with E-state index in [0.717, 1.165) is 0 Å². The number of piperazine rings is 1. The zero-order valence-corrected chi connectivity index (χ0v) is 19.6. The number of imidazole rings is 1. The maximum absolute atomic E-state index is 13.3. The van der Waals surface area contributed by atoms with Gasteiger partial charge >= 0.3 is 11.8 Å². The van der Waals surface area contributed by atoms with Crippen molar-refractivity contribution < 1.29 is 9.53 Å².